The average Bonchev–Trinajstić information content (AvgIpc) is 2.47. The molecule has 114 valence electrons. The number of nitrogens with one attached hydrogen (secondary N) is 1. The van der Waals surface area contributed by atoms with E-state index < -0.39 is 0 Å². The lowest BCUT2D eigenvalue weighted by Crippen LogP contribution is -2.66. The van der Waals surface area contributed by atoms with E-state index in [4.69, 9.17) is 0 Å². The number of likely N-dealkylation sites (tertiary alicyclic amines) is 2. The summed E-state index contributed by atoms with van der Waals surface area (Å²) in [6, 6.07) is 0.751. The van der Waals surface area contributed by atoms with Crippen LogP contribution in [0.2, 0.25) is 0 Å². The predicted molar refractivity (Wildman–Crippen MR) is 79.7 cm³/mol. The highest BCUT2D eigenvalue weighted by atomic mass is 16.2. The summed E-state index contributed by atoms with van der Waals surface area (Å²) in [5, 5.41) is 3.40. The normalized spacial score (nSPS) is 28.1. The molecule has 3 fully saturated rings. The zero-order valence-corrected chi connectivity index (χ0v) is 12.7. The molecule has 3 saturated heterocycles. The van der Waals surface area contributed by atoms with E-state index in [2.05, 4.69) is 26.9 Å². The van der Waals surface area contributed by atoms with Gasteiger partial charge in [-0.2, -0.15) is 0 Å². The van der Waals surface area contributed by atoms with Gasteiger partial charge in [0.1, 0.15) is 0 Å². The third-order valence-corrected chi connectivity index (χ3v) is 5.13. The largest absolute Gasteiger partial charge is 0.341 e. The summed E-state index contributed by atoms with van der Waals surface area (Å²) in [7, 11) is 0. The van der Waals surface area contributed by atoms with Gasteiger partial charge in [0.25, 0.3) is 0 Å². The van der Waals surface area contributed by atoms with Crippen molar-refractivity contribution >= 4 is 5.91 Å². The van der Waals surface area contributed by atoms with Crippen molar-refractivity contribution in [3.8, 4) is 0 Å². The van der Waals surface area contributed by atoms with Crippen LogP contribution in [0.5, 0.6) is 0 Å². The van der Waals surface area contributed by atoms with E-state index >= 15 is 0 Å². The molecule has 3 heterocycles. The lowest BCUT2D eigenvalue weighted by Gasteiger charge is -2.49. The van der Waals surface area contributed by atoms with Gasteiger partial charge in [-0.3, -0.25) is 14.6 Å². The van der Waals surface area contributed by atoms with Crippen LogP contribution in [0.4, 0.5) is 0 Å². The van der Waals surface area contributed by atoms with Crippen LogP contribution in [-0.2, 0) is 4.79 Å². The van der Waals surface area contributed by atoms with Crippen LogP contribution < -0.4 is 5.32 Å². The molecular weight excluding hydrogens is 252 g/mol. The maximum Gasteiger partial charge on any atom is 0.239 e. The Kier molecular flexibility index (Phi) is 4.58. The van der Waals surface area contributed by atoms with E-state index in [0.29, 0.717) is 11.9 Å². The second-order valence-electron chi connectivity index (χ2n) is 6.46. The number of rotatable bonds is 3. The van der Waals surface area contributed by atoms with Gasteiger partial charge in [-0.05, 0) is 26.2 Å². The van der Waals surface area contributed by atoms with E-state index in [1.54, 1.807) is 0 Å². The molecule has 0 radical (unpaired) electrons. The number of hydrogen-bond donors (Lipinski definition) is 1. The molecule has 20 heavy (non-hydrogen) atoms. The van der Waals surface area contributed by atoms with Crippen LogP contribution >= 0.6 is 0 Å². The molecule has 0 saturated carbocycles. The summed E-state index contributed by atoms with van der Waals surface area (Å²) >= 11 is 0. The van der Waals surface area contributed by atoms with Crippen LogP contribution in [0, 0.1) is 0 Å². The average molecular weight is 280 g/mol. The van der Waals surface area contributed by atoms with Crippen molar-refractivity contribution in [3.63, 3.8) is 0 Å². The molecule has 0 aromatic heterocycles. The minimum absolute atomic E-state index is 0.0762. The van der Waals surface area contributed by atoms with Crippen molar-refractivity contribution in [3.05, 3.63) is 0 Å². The van der Waals surface area contributed by atoms with E-state index in [1.807, 2.05) is 0 Å². The molecule has 3 aliphatic rings. The Morgan fingerprint density at radius 2 is 1.70 bits per heavy atom. The van der Waals surface area contributed by atoms with Crippen molar-refractivity contribution in [2.75, 3.05) is 52.4 Å². The number of piperazine rings is 1. The summed E-state index contributed by atoms with van der Waals surface area (Å²) in [6.45, 7) is 10.7. The molecule has 5 nitrogen and oxygen atoms in total. The minimum atomic E-state index is 0.0762. The number of carbonyl (C=O) groups is 1. The van der Waals surface area contributed by atoms with E-state index in [1.165, 1.54) is 19.3 Å². The molecule has 0 bridgehead atoms. The summed E-state index contributed by atoms with van der Waals surface area (Å²) in [4.78, 5) is 19.5. The maximum atomic E-state index is 12.5. The van der Waals surface area contributed by atoms with Crippen molar-refractivity contribution in [2.24, 2.45) is 0 Å². The summed E-state index contributed by atoms with van der Waals surface area (Å²) in [5.41, 5.74) is 0. The Hall–Kier alpha value is -0.650. The molecule has 1 N–H and O–H groups in total. The van der Waals surface area contributed by atoms with Crippen LogP contribution in [0.15, 0.2) is 0 Å². The molecule has 1 atom stereocenters. The Morgan fingerprint density at radius 3 is 2.35 bits per heavy atom. The molecule has 5 heteroatoms. The highest BCUT2D eigenvalue weighted by molar-refractivity contribution is 5.81. The zero-order valence-electron chi connectivity index (χ0n) is 12.7. The molecule has 0 aliphatic carbocycles. The zero-order chi connectivity index (χ0) is 13.9. The highest BCUT2D eigenvalue weighted by Gasteiger charge is 2.38. The molecular formula is C15H28N4O. The quantitative estimate of drug-likeness (QED) is 0.788. The number of nitrogens with zero attached hydrogens (tertiary/aromatic N) is 3. The second kappa shape index (κ2) is 6.41. The fraction of sp³-hybridized carbons (Fsp3) is 0.933. The van der Waals surface area contributed by atoms with Crippen LogP contribution in [0.3, 0.4) is 0 Å². The molecule has 1 unspecified atom stereocenters. The van der Waals surface area contributed by atoms with Crippen molar-refractivity contribution < 1.29 is 4.79 Å². The fourth-order valence-electron chi connectivity index (χ4n) is 3.62. The van der Waals surface area contributed by atoms with Gasteiger partial charge in [-0.25, -0.2) is 0 Å². The Labute approximate surface area is 122 Å². The third-order valence-electron chi connectivity index (χ3n) is 5.13. The van der Waals surface area contributed by atoms with Gasteiger partial charge in [0, 0.05) is 58.4 Å². The number of piperidine rings is 1. The number of hydrogen-bond acceptors (Lipinski definition) is 4. The first-order valence-electron chi connectivity index (χ1n) is 8.23. The summed E-state index contributed by atoms with van der Waals surface area (Å²) in [6.07, 6.45) is 3.65. The summed E-state index contributed by atoms with van der Waals surface area (Å²) < 4.78 is 0. The molecule has 0 spiro atoms. The van der Waals surface area contributed by atoms with Crippen molar-refractivity contribution in [2.45, 2.75) is 38.3 Å². The van der Waals surface area contributed by atoms with Gasteiger partial charge in [0.05, 0.1) is 6.04 Å². The first-order valence-corrected chi connectivity index (χ1v) is 8.23. The van der Waals surface area contributed by atoms with Crippen LogP contribution in [-0.4, -0.2) is 85.0 Å². The predicted octanol–water partition coefficient (Wildman–Crippen LogP) is -0.0232. The van der Waals surface area contributed by atoms with Gasteiger partial charge in [0.15, 0.2) is 0 Å². The molecule has 1 amide bonds. The fourth-order valence-corrected chi connectivity index (χ4v) is 3.62. The Bertz CT molecular complexity index is 331. The first kappa shape index (κ1) is 14.3. The Balaban J connectivity index is 1.44. The third kappa shape index (κ3) is 3.00. The van der Waals surface area contributed by atoms with Gasteiger partial charge >= 0.3 is 0 Å². The van der Waals surface area contributed by atoms with Crippen LogP contribution in [0.1, 0.15) is 26.2 Å². The topological polar surface area (TPSA) is 38.8 Å². The molecule has 3 rings (SSSR count). The maximum absolute atomic E-state index is 12.5. The van der Waals surface area contributed by atoms with E-state index in [0.717, 1.165) is 52.4 Å². The minimum Gasteiger partial charge on any atom is -0.341 e. The Morgan fingerprint density at radius 1 is 1.05 bits per heavy atom. The number of carbonyl (C=O) groups excluding carboxylic acids is 1. The standard InChI is InChI=1S/C15H28N4O/c1-13(15(20)18-7-3-2-4-8-18)19-11-14(12-19)17-9-5-16-6-10-17/h13-14,16H,2-12H2,1H3. The van der Waals surface area contributed by atoms with Gasteiger partial charge in [-0.1, -0.05) is 0 Å². The van der Waals surface area contributed by atoms with Crippen molar-refractivity contribution in [1.29, 1.82) is 0 Å². The smallest absolute Gasteiger partial charge is 0.239 e. The van der Waals surface area contributed by atoms with Gasteiger partial charge in [-0.15, -0.1) is 0 Å². The lowest BCUT2D eigenvalue weighted by molar-refractivity contribution is -0.140. The van der Waals surface area contributed by atoms with Crippen molar-refractivity contribution in [1.82, 2.24) is 20.0 Å². The number of amides is 1. The van der Waals surface area contributed by atoms with Crippen LogP contribution in [0.25, 0.3) is 0 Å². The lowest BCUT2D eigenvalue weighted by atomic mass is 10.0. The highest BCUT2D eigenvalue weighted by Crippen LogP contribution is 2.20. The first-order chi connectivity index (χ1) is 9.75. The molecule has 0 aromatic rings. The summed E-state index contributed by atoms with van der Waals surface area (Å²) in [5.74, 6) is 0.350. The molecule has 0 aromatic carbocycles. The second-order valence-corrected chi connectivity index (χ2v) is 6.46. The SMILES string of the molecule is CC(C(=O)N1CCCCC1)N1CC(N2CCNCC2)C1. The monoisotopic (exact) mass is 280 g/mol. The van der Waals surface area contributed by atoms with Gasteiger partial charge < -0.3 is 10.2 Å². The van der Waals surface area contributed by atoms with E-state index in [9.17, 15) is 4.79 Å². The molecule has 3 aliphatic heterocycles. The van der Waals surface area contributed by atoms with Gasteiger partial charge in [0.2, 0.25) is 5.91 Å². The van der Waals surface area contributed by atoms with E-state index in [-0.39, 0.29) is 6.04 Å².